The number of thiophene rings is 1. The Morgan fingerprint density at radius 1 is 1.23 bits per heavy atom. The highest BCUT2D eigenvalue weighted by molar-refractivity contribution is 7.23. The maximum Gasteiger partial charge on any atom is 0.417 e. The molecule has 5 unspecified atom stereocenters. The lowest BCUT2D eigenvalue weighted by Crippen LogP contribution is -2.43. The van der Waals surface area contributed by atoms with Crippen molar-refractivity contribution >= 4 is 43.1 Å². The van der Waals surface area contributed by atoms with Gasteiger partial charge in [-0.2, -0.15) is 28.4 Å². The summed E-state index contributed by atoms with van der Waals surface area (Å²) < 4.78 is 102. The van der Waals surface area contributed by atoms with Crippen molar-refractivity contribution in [2.75, 3.05) is 43.5 Å². The van der Waals surface area contributed by atoms with Crippen LogP contribution in [0.5, 0.6) is 6.01 Å². The van der Waals surface area contributed by atoms with Gasteiger partial charge in [0.2, 0.25) is 0 Å². The largest absolute Gasteiger partial charge is 0.461 e. The summed E-state index contributed by atoms with van der Waals surface area (Å²) in [7, 11) is 0. The van der Waals surface area contributed by atoms with Crippen LogP contribution in [0, 0.1) is 23.0 Å². The van der Waals surface area contributed by atoms with Gasteiger partial charge >= 0.3 is 12.2 Å². The van der Waals surface area contributed by atoms with Crippen molar-refractivity contribution in [1.82, 2.24) is 14.9 Å². The molecule has 2 aromatic carbocycles. The number of aromatic nitrogens is 2. The normalized spacial score (nSPS) is 27.3. The molecule has 4 aromatic rings. The fourth-order valence-corrected chi connectivity index (χ4v) is 8.74. The Morgan fingerprint density at radius 2 is 2.04 bits per heavy atom. The van der Waals surface area contributed by atoms with Gasteiger partial charge in [-0.3, -0.25) is 4.90 Å². The van der Waals surface area contributed by atoms with Gasteiger partial charge in [-0.15, -0.1) is 11.3 Å². The minimum Gasteiger partial charge on any atom is -0.461 e. The van der Waals surface area contributed by atoms with Crippen LogP contribution in [0.15, 0.2) is 18.2 Å². The standard InChI is InChI=1S/C31H26F6N6O3S/c32-13-7-30(4-1-5-42(30)9-13)12-46-29-40-24-15(28(41-29)43-10-20-25(44)19(43)11-45-20)6-17(31(35,36)37)22(23(24)34)14-2-3-18(33)26-21(14)16(8-38)27(39)47-26/h2-3,6,13,19-20,25,44H,1,4-5,7,9-12,39H2. The number of nitrogens with two attached hydrogens (primary N) is 1. The van der Waals surface area contributed by atoms with Crippen molar-refractivity contribution in [1.29, 1.82) is 5.26 Å². The van der Waals surface area contributed by atoms with Gasteiger partial charge in [-0.1, -0.05) is 6.07 Å². The van der Waals surface area contributed by atoms with Crippen LogP contribution in [0.2, 0.25) is 0 Å². The first-order valence-corrected chi connectivity index (χ1v) is 15.8. The molecule has 4 aliphatic heterocycles. The number of nitriles is 1. The first-order valence-electron chi connectivity index (χ1n) is 15.0. The van der Waals surface area contributed by atoms with E-state index in [2.05, 4.69) is 9.97 Å². The quantitative estimate of drug-likeness (QED) is 0.276. The minimum absolute atomic E-state index is 0.0242. The molecule has 0 aliphatic carbocycles. The molecule has 5 atom stereocenters. The number of ether oxygens (including phenoxy) is 2. The number of alkyl halides is 4. The lowest BCUT2D eigenvalue weighted by Gasteiger charge is -2.31. The Kier molecular flexibility index (Phi) is 6.83. The number of morpholine rings is 1. The molecule has 0 spiro atoms. The summed E-state index contributed by atoms with van der Waals surface area (Å²) in [5.41, 5.74) is 1.79. The maximum atomic E-state index is 16.9. The maximum absolute atomic E-state index is 16.9. The van der Waals surface area contributed by atoms with E-state index in [-0.39, 0.29) is 76.2 Å². The third kappa shape index (κ3) is 4.54. The molecule has 0 saturated carbocycles. The summed E-state index contributed by atoms with van der Waals surface area (Å²) >= 11 is 0.674. The highest BCUT2D eigenvalue weighted by atomic mass is 32.1. The van der Waals surface area contributed by atoms with Crippen molar-refractivity contribution in [3.8, 4) is 23.2 Å². The minimum atomic E-state index is -5.12. The molecule has 0 amide bonds. The molecule has 0 radical (unpaired) electrons. The van der Waals surface area contributed by atoms with E-state index >= 15 is 4.39 Å². The molecule has 4 aliphatic rings. The Labute approximate surface area is 267 Å². The van der Waals surface area contributed by atoms with Gasteiger partial charge < -0.3 is 25.2 Å². The fraction of sp³-hybridized carbons (Fsp3) is 0.452. The molecule has 2 bridgehead atoms. The second-order valence-corrected chi connectivity index (χ2v) is 13.6. The SMILES string of the molecule is N#Cc1c(N)sc2c(F)ccc(-c3c(C(F)(F)F)cc4c(N5CC6OCC5C6O)nc(OCC56CCCN5CC(F)C6)nc4c3F)c12. The van der Waals surface area contributed by atoms with Crippen molar-refractivity contribution in [2.24, 2.45) is 0 Å². The van der Waals surface area contributed by atoms with Gasteiger partial charge in [0.1, 0.15) is 53.2 Å². The molecular weight excluding hydrogens is 650 g/mol. The average molecular weight is 677 g/mol. The van der Waals surface area contributed by atoms with Crippen LogP contribution in [-0.2, 0) is 10.9 Å². The number of anilines is 2. The van der Waals surface area contributed by atoms with Gasteiger partial charge in [-0.05, 0) is 37.1 Å². The molecule has 4 fully saturated rings. The summed E-state index contributed by atoms with van der Waals surface area (Å²) in [4.78, 5) is 12.3. The number of hydrogen-bond donors (Lipinski definition) is 2. The Balaban J connectivity index is 1.36. The molecule has 6 heterocycles. The third-order valence-corrected chi connectivity index (χ3v) is 11.0. The van der Waals surface area contributed by atoms with Crippen LogP contribution in [0.1, 0.15) is 30.4 Å². The van der Waals surface area contributed by atoms with E-state index in [4.69, 9.17) is 15.2 Å². The predicted molar refractivity (Wildman–Crippen MR) is 160 cm³/mol. The monoisotopic (exact) mass is 676 g/mol. The van der Waals surface area contributed by atoms with Gasteiger partial charge in [0, 0.05) is 35.8 Å². The van der Waals surface area contributed by atoms with E-state index in [1.54, 1.807) is 11.0 Å². The molecule has 246 valence electrons. The number of fused-ring (bicyclic) bond motifs is 5. The number of rotatable bonds is 5. The van der Waals surface area contributed by atoms with Crippen LogP contribution < -0.4 is 15.4 Å². The van der Waals surface area contributed by atoms with Crippen LogP contribution in [-0.4, -0.2) is 82.8 Å². The number of nitrogens with zero attached hydrogens (tertiary/aromatic N) is 5. The van der Waals surface area contributed by atoms with Crippen molar-refractivity contribution < 1.29 is 40.9 Å². The number of hydrogen-bond acceptors (Lipinski definition) is 10. The molecule has 47 heavy (non-hydrogen) atoms. The predicted octanol–water partition coefficient (Wildman–Crippen LogP) is 5.17. The van der Waals surface area contributed by atoms with E-state index in [9.17, 15) is 32.3 Å². The highest BCUT2D eigenvalue weighted by Crippen LogP contribution is 2.49. The average Bonchev–Trinajstić information content (AvgIpc) is 3.82. The smallest absolute Gasteiger partial charge is 0.417 e. The zero-order valence-corrected chi connectivity index (χ0v) is 25.3. The molecular formula is C31H26F6N6O3S. The number of aliphatic hydroxyl groups is 1. The van der Waals surface area contributed by atoms with E-state index in [0.717, 1.165) is 24.6 Å². The van der Waals surface area contributed by atoms with Crippen molar-refractivity contribution in [2.45, 2.75) is 55.4 Å². The van der Waals surface area contributed by atoms with Crippen LogP contribution in [0.3, 0.4) is 0 Å². The number of halogens is 6. The summed E-state index contributed by atoms with van der Waals surface area (Å²) in [6.07, 6.45) is -6.04. The first kappa shape index (κ1) is 30.4. The molecule has 16 heteroatoms. The van der Waals surface area contributed by atoms with Crippen LogP contribution in [0.25, 0.3) is 32.1 Å². The summed E-state index contributed by atoms with van der Waals surface area (Å²) in [6, 6.07) is 3.41. The molecule has 8 rings (SSSR count). The Hall–Kier alpha value is -3.91. The van der Waals surface area contributed by atoms with E-state index in [1.165, 1.54) is 0 Å². The van der Waals surface area contributed by atoms with Crippen LogP contribution >= 0.6 is 11.3 Å². The van der Waals surface area contributed by atoms with Gasteiger partial charge in [0.25, 0.3) is 0 Å². The van der Waals surface area contributed by atoms with E-state index < -0.39 is 64.4 Å². The fourth-order valence-electron chi connectivity index (χ4n) is 7.79. The number of nitrogen functional groups attached to an aromatic ring is 1. The lowest BCUT2D eigenvalue weighted by molar-refractivity contribution is -0.137. The number of benzene rings is 2. The van der Waals surface area contributed by atoms with E-state index in [1.807, 2.05) is 4.90 Å². The molecule has 2 aromatic heterocycles. The number of aliphatic hydroxyl groups excluding tert-OH is 1. The van der Waals surface area contributed by atoms with Crippen LogP contribution in [0.4, 0.5) is 37.2 Å². The Morgan fingerprint density at radius 3 is 2.74 bits per heavy atom. The second kappa shape index (κ2) is 10.5. The summed E-state index contributed by atoms with van der Waals surface area (Å²) in [6.45, 7) is 1.06. The summed E-state index contributed by atoms with van der Waals surface area (Å²) in [5.74, 6) is -2.31. The summed E-state index contributed by atoms with van der Waals surface area (Å²) in [5, 5.41) is 19.8. The third-order valence-electron chi connectivity index (χ3n) is 9.93. The Bertz CT molecular complexity index is 2000. The van der Waals surface area contributed by atoms with Crippen molar-refractivity contribution in [3.63, 3.8) is 0 Å². The zero-order valence-electron chi connectivity index (χ0n) is 24.5. The highest BCUT2D eigenvalue weighted by Gasteiger charge is 2.51. The topological polar surface area (TPSA) is 121 Å². The lowest BCUT2D eigenvalue weighted by atomic mass is 9.92. The van der Waals surface area contributed by atoms with Gasteiger partial charge in [0.05, 0.1) is 34.0 Å². The molecule has 9 nitrogen and oxygen atoms in total. The van der Waals surface area contributed by atoms with Gasteiger partial charge in [0.15, 0.2) is 5.82 Å². The zero-order chi connectivity index (χ0) is 33.0. The first-order chi connectivity index (χ1) is 22.4. The second-order valence-electron chi connectivity index (χ2n) is 12.5. The molecule has 3 N–H and O–H groups in total. The van der Waals surface area contributed by atoms with Crippen molar-refractivity contribution in [3.05, 3.63) is 41.0 Å². The molecule has 4 saturated heterocycles. The van der Waals surface area contributed by atoms with E-state index in [0.29, 0.717) is 24.3 Å². The van der Waals surface area contributed by atoms with Gasteiger partial charge in [-0.25, -0.2) is 13.2 Å².